The Bertz CT molecular complexity index is 1180. The molecule has 38 heavy (non-hydrogen) atoms. The molecule has 0 spiro atoms. The molecular formula is C29H39N7O2. The van der Waals surface area contributed by atoms with Crippen molar-refractivity contribution >= 4 is 17.7 Å². The van der Waals surface area contributed by atoms with Gasteiger partial charge in [0.15, 0.2) is 5.78 Å². The van der Waals surface area contributed by atoms with Crippen molar-refractivity contribution in [1.82, 2.24) is 25.0 Å². The Morgan fingerprint density at radius 3 is 2.58 bits per heavy atom. The number of aromatic amines is 1. The molecule has 2 aromatic carbocycles. The first-order valence-electron chi connectivity index (χ1n) is 13.6. The zero-order valence-corrected chi connectivity index (χ0v) is 22.7. The number of ether oxygens (including phenoxy) is 1. The van der Waals surface area contributed by atoms with Gasteiger partial charge < -0.3 is 14.5 Å². The summed E-state index contributed by atoms with van der Waals surface area (Å²) < 4.78 is 5.53. The normalized spacial score (nSPS) is 15.1. The third-order valence-corrected chi connectivity index (χ3v) is 6.92. The monoisotopic (exact) mass is 517 g/mol. The molecule has 1 saturated heterocycles. The van der Waals surface area contributed by atoms with Crippen molar-refractivity contribution in [2.24, 2.45) is 4.99 Å². The van der Waals surface area contributed by atoms with E-state index in [9.17, 15) is 4.79 Å². The standard InChI is InChI=1S/C29H39N7O2/c1-4-35(5-2)16-10-15-30-29(36-17-19-38-20-18-36)32-28-31-27(33-34-28)22(3)24-13-9-14-25(21-24)26(37)23-11-7-6-8-12-23/h6-9,11-14,21-22H,4-5,10,15-20H2,1-3H3,(H2,30,31,32,33,34). The van der Waals surface area contributed by atoms with Crippen LogP contribution in [0.1, 0.15) is 60.4 Å². The maximum Gasteiger partial charge on any atom is 0.248 e. The highest BCUT2D eigenvalue weighted by molar-refractivity contribution is 6.09. The molecule has 202 valence electrons. The molecule has 1 unspecified atom stereocenters. The van der Waals surface area contributed by atoms with Crippen molar-refractivity contribution in [2.75, 3.05) is 57.8 Å². The molecule has 0 saturated carbocycles. The fourth-order valence-corrected chi connectivity index (χ4v) is 4.50. The van der Waals surface area contributed by atoms with Crippen LogP contribution in [0.3, 0.4) is 0 Å². The van der Waals surface area contributed by atoms with E-state index < -0.39 is 0 Å². The van der Waals surface area contributed by atoms with E-state index in [4.69, 9.17) is 14.7 Å². The molecule has 3 aromatic rings. The van der Waals surface area contributed by atoms with Crippen LogP contribution in [0.2, 0.25) is 0 Å². The van der Waals surface area contributed by atoms with Gasteiger partial charge in [-0.3, -0.25) is 20.2 Å². The van der Waals surface area contributed by atoms with Gasteiger partial charge in [0.25, 0.3) is 0 Å². The molecule has 2 heterocycles. The van der Waals surface area contributed by atoms with E-state index in [1.165, 1.54) is 0 Å². The Kier molecular flexibility index (Phi) is 10.0. The van der Waals surface area contributed by atoms with Crippen LogP contribution >= 0.6 is 0 Å². The molecule has 1 aliphatic rings. The summed E-state index contributed by atoms with van der Waals surface area (Å²) in [6, 6.07) is 17.1. The fraction of sp³-hybridized carbons (Fsp3) is 0.448. The van der Waals surface area contributed by atoms with Crippen LogP contribution in [0.25, 0.3) is 0 Å². The van der Waals surface area contributed by atoms with Gasteiger partial charge in [-0.15, -0.1) is 5.10 Å². The maximum atomic E-state index is 12.9. The Morgan fingerprint density at radius 1 is 1.11 bits per heavy atom. The lowest BCUT2D eigenvalue weighted by molar-refractivity contribution is 0.0679. The number of benzene rings is 2. The maximum absolute atomic E-state index is 12.9. The van der Waals surface area contributed by atoms with Gasteiger partial charge in [0.2, 0.25) is 11.9 Å². The summed E-state index contributed by atoms with van der Waals surface area (Å²) in [4.78, 5) is 27.1. The minimum atomic E-state index is -0.0700. The van der Waals surface area contributed by atoms with E-state index in [0.29, 0.717) is 30.3 Å². The van der Waals surface area contributed by atoms with E-state index in [1.54, 1.807) is 0 Å². The second kappa shape index (κ2) is 13.8. The molecule has 9 heteroatoms. The van der Waals surface area contributed by atoms with Crippen LogP contribution in [-0.2, 0) is 4.74 Å². The number of hydrogen-bond donors (Lipinski definition) is 2. The van der Waals surface area contributed by atoms with Gasteiger partial charge >= 0.3 is 0 Å². The number of anilines is 1. The molecule has 1 aromatic heterocycles. The molecule has 1 aliphatic heterocycles. The molecule has 1 fully saturated rings. The molecule has 4 rings (SSSR count). The highest BCUT2D eigenvalue weighted by Crippen LogP contribution is 2.24. The van der Waals surface area contributed by atoms with Gasteiger partial charge in [-0.2, -0.15) is 4.98 Å². The summed E-state index contributed by atoms with van der Waals surface area (Å²) in [5.74, 6) is 1.92. The third-order valence-electron chi connectivity index (χ3n) is 6.92. The van der Waals surface area contributed by atoms with Gasteiger partial charge in [0.1, 0.15) is 5.82 Å². The Labute approximate surface area is 225 Å². The number of nitrogens with zero attached hydrogens (tertiary/aromatic N) is 5. The number of morpholine rings is 1. The van der Waals surface area contributed by atoms with Gasteiger partial charge in [-0.25, -0.2) is 0 Å². The molecule has 1 atom stereocenters. The van der Waals surface area contributed by atoms with Gasteiger partial charge in [-0.05, 0) is 37.7 Å². The molecule has 0 radical (unpaired) electrons. The number of nitrogens with one attached hydrogen (secondary N) is 2. The number of carbonyl (C=O) groups excluding carboxylic acids is 1. The molecular weight excluding hydrogens is 478 g/mol. The lowest BCUT2D eigenvalue weighted by atomic mass is 9.95. The summed E-state index contributed by atoms with van der Waals surface area (Å²) in [6.07, 6.45) is 0.992. The number of aromatic nitrogens is 3. The lowest BCUT2D eigenvalue weighted by Crippen LogP contribution is -2.44. The average molecular weight is 518 g/mol. The summed E-state index contributed by atoms with van der Waals surface area (Å²) in [5.41, 5.74) is 2.33. The van der Waals surface area contributed by atoms with Crippen molar-refractivity contribution in [3.63, 3.8) is 0 Å². The minimum Gasteiger partial charge on any atom is -0.378 e. The Balaban J connectivity index is 1.45. The SMILES string of the molecule is CCN(CC)CCCN=C(Nc1n[nH]c(C(C)c2cccc(C(=O)c3ccccc3)c2)n1)N1CCOCC1. The van der Waals surface area contributed by atoms with Crippen LogP contribution in [-0.4, -0.2) is 89.2 Å². The molecule has 2 N–H and O–H groups in total. The van der Waals surface area contributed by atoms with Gasteiger partial charge in [0, 0.05) is 36.7 Å². The second-order valence-corrected chi connectivity index (χ2v) is 9.40. The van der Waals surface area contributed by atoms with E-state index in [0.717, 1.165) is 63.0 Å². The number of ketones is 1. The van der Waals surface area contributed by atoms with Crippen LogP contribution in [0.15, 0.2) is 59.6 Å². The van der Waals surface area contributed by atoms with Crippen molar-refractivity contribution in [1.29, 1.82) is 0 Å². The average Bonchev–Trinajstić information content (AvgIpc) is 3.45. The predicted molar refractivity (Wildman–Crippen MR) is 151 cm³/mol. The molecule has 0 aliphatic carbocycles. The van der Waals surface area contributed by atoms with E-state index in [2.05, 4.69) is 46.1 Å². The minimum absolute atomic E-state index is 0.00642. The van der Waals surface area contributed by atoms with Gasteiger partial charge in [0.05, 0.1) is 13.2 Å². The van der Waals surface area contributed by atoms with E-state index >= 15 is 0 Å². The van der Waals surface area contributed by atoms with Crippen molar-refractivity contribution in [3.8, 4) is 0 Å². The Hall–Kier alpha value is -3.56. The summed E-state index contributed by atoms with van der Waals surface area (Å²) >= 11 is 0. The number of aliphatic imine (C=N–C) groups is 1. The zero-order chi connectivity index (χ0) is 26.7. The van der Waals surface area contributed by atoms with Crippen LogP contribution < -0.4 is 5.32 Å². The number of hydrogen-bond acceptors (Lipinski definition) is 6. The van der Waals surface area contributed by atoms with Crippen LogP contribution in [0, 0.1) is 0 Å². The summed E-state index contributed by atoms with van der Waals surface area (Å²) in [5, 5.41) is 10.8. The zero-order valence-electron chi connectivity index (χ0n) is 22.7. The second-order valence-electron chi connectivity index (χ2n) is 9.40. The smallest absolute Gasteiger partial charge is 0.248 e. The highest BCUT2D eigenvalue weighted by atomic mass is 16.5. The summed E-state index contributed by atoms with van der Waals surface area (Å²) in [7, 11) is 0. The van der Waals surface area contributed by atoms with Gasteiger partial charge in [-0.1, -0.05) is 69.3 Å². The largest absolute Gasteiger partial charge is 0.378 e. The van der Waals surface area contributed by atoms with Crippen molar-refractivity contribution < 1.29 is 9.53 Å². The first-order chi connectivity index (χ1) is 18.6. The quantitative estimate of drug-likeness (QED) is 0.172. The molecule has 0 amide bonds. The number of H-pyrrole nitrogens is 1. The Morgan fingerprint density at radius 2 is 1.84 bits per heavy atom. The summed E-state index contributed by atoms with van der Waals surface area (Å²) in [6.45, 7) is 13.2. The van der Waals surface area contributed by atoms with E-state index in [1.807, 2.05) is 54.6 Å². The third kappa shape index (κ3) is 7.26. The fourth-order valence-electron chi connectivity index (χ4n) is 4.50. The first-order valence-corrected chi connectivity index (χ1v) is 13.6. The van der Waals surface area contributed by atoms with Crippen molar-refractivity contribution in [3.05, 3.63) is 77.1 Å². The highest BCUT2D eigenvalue weighted by Gasteiger charge is 2.20. The lowest BCUT2D eigenvalue weighted by Gasteiger charge is -2.29. The topological polar surface area (TPSA) is 98.7 Å². The van der Waals surface area contributed by atoms with Crippen molar-refractivity contribution in [2.45, 2.75) is 33.1 Å². The van der Waals surface area contributed by atoms with Crippen LogP contribution in [0.5, 0.6) is 0 Å². The number of rotatable bonds is 11. The molecule has 0 bridgehead atoms. The predicted octanol–water partition coefficient (Wildman–Crippen LogP) is 4.02. The van der Waals surface area contributed by atoms with E-state index in [-0.39, 0.29) is 11.7 Å². The number of guanidine groups is 1. The first kappa shape index (κ1) is 27.5. The number of carbonyl (C=O) groups is 1. The van der Waals surface area contributed by atoms with Crippen LogP contribution in [0.4, 0.5) is 5.95 Å². The molecule has 9 nitrogen and oxygen atoms in total.